The maximum absolute atomic E-state index is 14.0. The van der Waals surface area contributed by atoms with Gasteiger partial charge in [-0.05, 0) is 72.4 Å². The third-order valence-corrected chi connectivity index (χ3v) is 7.18. The quantitative estimate of drug-likeness (QED) is 0.229. The molecule has 42 heavy (non-hydrogen) atoms. The molecule has 3 amide bonds. The van der Waals surface area contributed by atoms with Gasteiger partial charge >= 0.3 is 18.2 Å². The minimum atomic E-state index is -4.79. The predicted octanol–water partition coefficient (Wildman–Crippen LogP) is 7.34. The zero-order valence-corrected chi connectivity index (χ0v) is 22.7. The number of anilines is 2. The average molecular weight is 586 g/mol. The lowest BCUT2D eigenvalue weighted by atomic mass is 9.84. The van der Waals surface area contributed by atoms with Gasteiger partial charge in [-0.3, -0.25) is 14.5 Å². The van der Waals surface area contributed by atoms with E-state index in [0.29, 0.717) is 29.3 Å². The Morgan fingerprint density at radius 2 is 1.57 bits per heavy atom. The van der Waals surface area contributed by atoms with Crippen LogP contribution < -0.4 is 15.5 Å². The van der Waals surface area contributed by atoms with Crippen LogP contribution in [0.3, 0.4) is 0 Å². The minimum Gasteiger partial charge on any atom is -0.481 e. The van der Waals surface area contributed by atoms with E-state index in [1.165, 1.54) is 23.5 Å². The number of hydrogen-bond donors (Lipinski definition) is 3. The summed E-state index contributed by atoms with van der Waals surface area (Å²) in [5.41, 5.74) is 0.963. The zero-order valence-electron chi connectivity index (χ0n) is 22.7. The summed E-state index contributed by atoms with van der Waals surface area (Å²) in [6, 6.07) is 14.8. The van der Waals surface area contributed by atoms with Crippen molar-refractivity contribution in [2.45, 2.75) is 57.2 Å². The van der Waals surface area contributed by atoms with Gasteiger partial charge in [-0.15, -0.1) is 0 Å². The van der Waals surface area contributed by atoms with Gasteiger partial charge in [0.05, 0.1) is 18.5 Å². The lowest BCUT2D eigenvalue weighted by Crippen LogP contribution is -2.34. The second kappa shape index (κ2) is 13.5. The number of carboxylic acids is 1. The molecule has 0 bridgehead atoms. The van der Waals surface area contributed by atoms with Crippen molar-refractivity contribution < 1.29 is 37.1 Å². The Hall–Kier alpha value is -4.41. The lowest BCUT2D eigenvalue weighted by molar-refractivity contribution is -0.138. The second-order valence-corrected chi connectivity index (χ2v) is 10.3. The van der Waals surface area contributed by atoms with Gasteiger partial charge < -0.3 is 15.7 Å². The van der Waals surface area contributed by atoms with Gasteiger partial charge in [0, 0.05) is 23.5 Å². The normalized spacial score (nSPS) is 13.8. The molecular weight excluding hydrogens is 554 g/mol. The summed E-state index contributed by atoms with van der Waals surface area (Å²) >= 11 is 0. The lowest BCUT2D eigenvalue weighted by Gasteiger charge is -2.26. The number of aliphatic carboxylic acids is 1. The molecule has 11 heteroatoms. The van der Waals surface area contributed by atoms with Crippen molar-refractivity contribution in [1.29, 1.82) is 0 Å². The maximum Gasteiger partial charge on any atom is 0.416 e. The van der Waals surface area contributed by atoms with Crippen molar-refractivity contribution >= 4 is 29.3 Å². The number of carbonyl (C=O) groups excluding carboxylic acids is 2. The molecule has 0 radical (unpaired) electrons. The van der Waals surface area contributed by atoms with Crippen LogP contribution in [0, 0.1) is 5.82 Å². The molecule has 0 unspecified atom stereocenters. The molecule has 0 spiro atoms. The van der Waals surface area contributed by atoms with Gasteiger partial charge in [0.15, 0.2) is 0 Å². The molecule has 4 rings (SSSR count). The Morgan fingerprint density at radius 1 is 0.905 bits per heavy atom. The number of carbonyl (C=O) groups is 3. The third kappa shape index (κ3) is 8.31. The van der Waals surface area contributed by atoms with Crippen LogP contribution in [0.5, 0.6) is 0 Å². The molecule has 1 aliphatic carbocycles. The van der Waals surface area contributed by atoms with Crippen LogP contribution in [0.15, 0.2) is 66.7 Å². The molecule has 1 fully saturated rings. The molecule has 0 saturated heterocycles. The summed E-state index contributed by atoms with van der Waals surface area (Å²) in [5, 5.41) is 13.6. The van der Waals surface area contributed by atoms with E-state index in [2.05, 4.69) is 10.6 Å². The zero-order chi connectivity index (χ0) is 30.3. The standard InChI is InChI=1S/C31H31F4N3O4/c32-25-16-24(31(33,34)35)17-26(18-25)37-30(42)38(27-12-10-22(11-13-27)21-4-2-1-3-5-21)19-20-6-8-23(9-7-20)29(41)36-15-14-28(39)40/h6-13,16-18,21H,1-5,14-15,19H2,(H,36,41)(H,37,42)(H,39,40). The van der Waals surface area contributed by atoms with Gasteiger partial charge in [-0.1, -0.05) is 43.5 Å². The molecule has 3 aromatic carbocycles. The molecule has 1 saturated carbocycles. The highest BCUT2D eigenvalue weighted by Gasteiger charge is 2.32. The summed E-state index contributed by atoms with van der Waals surface area (Å²) in [4.78, 5) is 37.7. The molecule has 1 aliphatic rings. The van der Waals surface area contributed by atoms with Crippen LogP contribution in [0.2, 0.25) is 0 Å². The number of halogens is 4. The predicted molar refractivity (Wildman–Crippen MR) is 150 cm³/mol. The fraction of sp³-hybridized carbons (Fsp3) is 0.323. The number of carboxylic acid groups (broad SMARTS) is 1. The van der Waals surface area contributed by atoms with Crippen molar-refractivity contribution in [3.63, 3.8) is 0 Å². The van der Waals surface area contributed by atoms with Crippen LogP contribution >= 0.6 is 0 Å². The van der Waals surface area contributed by atoms with E-state index >= 15 is 0 Å². The number of urea groups is 1. The van der Waals surface area contributed by atoms with Crippen LogP contribution in [0.1, 0.15) is 71.5 Å². The number of rotatable bonds is 9. The Kier molecular flexibility index (Phi) is 9.82. The van der Waals surface area contributed by atoms with Crippen molar-refractivity contribution in [3.05, 3.63) is 94.8 Å². The summed E-state index contributed by atoms with van der Waals surface area (Å²) in [6.45, 7) is -0.0339. The molecule has 0 atom stereocenters. The fourth-order valence-electron chi connectivity index (χ4n) is 4.99. The van der Waals surface area contributed by atoms with Crippen LogP contribution in [-0.4, -0.2) is 29.6 Å². The molecule has 7 nitrogen and oxygen atoms in total. The summed E-state index contributed by atoms with van der Waals surface area (Å²) in [5.74, 6) is -2.20. The van der Waals surface area contributed by atoms with E-state index in [1.54, 1.807) is 24.3 Å². The molecule has 222 valence electrons. The topological polar surface area (TPSA) is 98.7 Å². The Bertz CT molecular complexity index is 1400. The first kappa shape index (κ1) is 30.5. The van der Waals surface area contributed by atoms with Crippen LogP contribution in [0.25, 0.3) is 0 Å². The number of alkyl halides is 3. The van der Waals surface area contributed by atoms with E-state index in [0.717, 1.165) is 37.3 Å². The first-order valence-corrected chi connectivity index (χ1v) is 13.6. The third-order valence-electron chi connectivity index (χ3n) is 7.18. The van der Waals surface area contributed by atoms with Gasteiger partial charge in [0.1, 0.15) is 5.82 Å². The van der Waals surface area contributed by atoms with Crippen molar-refractivity contribution in [2.24, 2.45) is 0 Å². The Balaban J connectivity index is 1.56. The highest BCUT2D eigenvalue weighted by molar-refractivity contribution is 6.01. The van der Waals surface area contributed by atoms with E-state index in [1.807, 2.05) is 12.1 Å². The summed E-state index contributed by atoms with van der Waals surface area (Å²) < 4.78 is 53.7. The second-order valence-electron chi connectivity index (χ2n) is 10.3. The van der Waals surface area contributed by atoms with E-state index < -0.39 is 35.5 Å². The SMILES string of the molecule is O=C(O)CCNC(=O)c1ccc(CN(C(=O)Nc2cc(F)cc(C(F)(F)F)c2)c2ccc(C3CCCCC3)cc2)cc1. The number of benzene rings is 3. The average Bonchev–Trinajstić information content (AvgIpc) is 2.96. The van der Waals surface area contributed by atoms with Crippen molar-refractivity contribution in [3.8, 4) is 0 Å². The molecule has 0 aromatic heterocycles. The van der Waals surface area contributed by atoms with Crippen molar-refractivity contribution in [2.75, 3.05) is 16.8 Å². The van der Waals surface area contributed by atoms with E-state index in [-0.39, 0.29) is 30.8 Å². The van der Waals surface area contributed by atoms with Crippen LogP contribution in [-0.2, 0) is 17.5 Å². The van der Waals surface area contributed by atoms with Crippen molar-refractivity contribution in [1.82, 2.24) is 5.32 Å². The number of nitrogens with zero attached hydrogens (tertiary/aromatic N) is 1. The number of hydrogen-bond acceptors (Lipinski definition) is 3. The largest absolute Gasteiger partial charge is 0.481 e. The fourth-order valence-corrected chi connectivity index (χ4v) is 4.99. The maximum atomic E-state index is 14.0. The van der Waals surface area contributed by atoms with E-state index in [4.69, 9.17) is 5.11 Å². The molecular formula is C31H31F4N3O4. The minimum absolute atomic E-state index is 0.00301. The highest BCUT2D eigenvalue weighted by atomic mass is 19.4. The van der Waals surface area contributed by atoms with Gasteiger partial charge in [0.2, 0.25) is 0 Å². The molecule has 0 aliphatic heterocycles. The van der Waals surface area contributed by atoms with Crippen LogP contribution in [0.4, 0.5) is 33.7 Å². The Labute approximate surface area is 240 Å². The monoisotopic (exact) mass is 585 g/mol. The Morgan fingerprint density at radius 3 is 2.19 bits per heavy atom. The summed E-state index contributed by atoms with van der Waals surface area (Å²) in [7, 11) is 0. The van der Waals surface area contributed by atoms with Gasteiger partial charge in [-0.2, -0.15) is 13.2 Å². The van der Waals surface area contributed by atoms with Gasteiger partial charge in [0.25, 0.3) is 5.91 Å². The smallest absolute Gasteiger partial charge is 0.416 e. The first-order chi connectivity index (χ1) is 20.0. The van der Waals surface area contributed by atoms with Gasteiger partial charge in [-0.25, -0.2) is 9.18 Å². The van der Waals surface area contributed by atoms with E-state index in [9.17, 15) is 31.9 Å². The number of amides is 3. The molecule has 3 N–H and O–H groups in total. The first-order valence-electron chi connectivity index (χ1n) is 13.6. The molecule has 3 aromatic rings. The highest BCUT2D eigenvalue weighted by Crippen LogP contribution is 2.34. The summed E-state index contributed by atoms with van der Waals surface area (Å²) in [6.07, 6.45) is 0.675. The number of nitrogens with one attached hydrogen (secondary N) is 2. The molecule has 0 heterocycles.